The topological polar surface area (TPSA) is 0 Å². The van der Waals surface area contributed by atoms with E-state index < -0.39 is 0 Å². The summed E-state index contributed by atoms with van der Waals surface area (Å²) >= 11 is 0. The van der Waals surface area contributed by atoms with Crippen LogP contribution in [-0.2, 0) is 0 Å². The fourth-order valence-electron chi connectivity index (χ4n) is 2.31. The largest absolute Gasteiger partial charge is 0.0654 e. The van der Waals surface area contributed by atoms with E-state index in [-0.39, 0.29) is 0 Å². The predicted molar refractivity (Wildman–Crippen MR) is 79.8 cm³/mol. The molecule has 0 aliphatic rings. The Labute approximate surface area is 111 Å². The van der Waals surface area contributed by atoms with E-state index >= 15 is 0 Å². The third-order valence-corrected chi connectivity index (χ3v) is 3.58. The van der Waals surface area contributed by atoms with Gasteiger partial charge in [-0.05, 0) is 29.0 Å². The maximum atomic E-state index is 2.33. The zero-order valence-corrected chi connectivity index (χ0v) is 11.4. The molecule has 0 amide bonds. The molecule has 0 aromatic heterocycles. The van der Waals surface area contributed by atoms with E-state index in [0.29, 0.717) is 5.92 Å². The molecule has 0 heteroatoms. The lowest BCUT2D eigenvalue weighted by atomic mass is 9.94. The van der Waals surface area contributed by atoms with Crippen molar-refractivity contribution in [3.8, 4) is 11.1 Å². The highest BCUT2D eigenvalue weighted by Crippen LogP contribution is 2.25. The molecule has 0 spiro atoms. The van der Waals surface area contributed by atoms with Crippen molar-refractivity contribution in [2.24, 2.45) is 0 Å². The Morgan fingerprint density at radius 1 is 0.833 bits per heavy atom. The quantitative estimate of drug-likeness (QED) is 0.631. The lowest BCUT2D eigenvalue weighted by Crippen LogP contribution is -1.93. The Kier molecular flexibility index (Phi) is 4.58. The summed E-state index contributed by atoms with van der Waals surface area (Å²) in [6.07, 6.45) is 3.90. The fourth-order valence-corrected chi connectivity index (χ4v) is 2.31. The van der Waals surface area contributed by atoms with Crippen molar-refractivity contribution in [1.82, 2.24) is 0 Å². The predicted octanol–water partition coefficient (Wildman–Crippen LogP) is 5.65. The molecule has 0 heterocycles. The SMILES string of the molecule is CCCC[C@H](C)c1ccc(-c2ccccc2)cc1. The minimum Gasteiger partial charge on any atom is -0.0654 e. The van der Waals surface area contributed by atoms with Gasteiger partial charge in [0.1, 0.15) is 0 Å². The monoisotopic (exact) mass is 238 g/mol. The molecule has 0 saturated heterocycles. The molecule has 0 unspecified atom stereocenters. The van der Waals surface area contributed by atoms with Gasteiger partial charge in [-0.2, -0.15) is 0 Å². The highest BCUT2D eigenvalue weighted by Gasteiger charge is 2.05. The van der Waals surface area contributed by atoms with E-state index in [1.807, 2.05) is 0 Å². The second-order valence-corrected chi connectivity index (χ2v) is 5.03. The Hall–Kier alpha value is -1.56. The highest BCUT2D eigenvalue weighted by atomic mass is 14.1. The summed E-state index contributed by atoms with van der Waals surface area (Å²) in [5, 5.41) is 0. The zero-order valence-electron chi connectivity index (χ0n) is 11.4. The van der Waals surface area contributed by atoms with Crippen LogP contribution in [0.15, 0.2) is 54.6 Å². The van der Waals surface area contributed by atoms with E-state index in [2.05, 4.69) is 68.4 Å². The van der Waals surface area contributed by atoms with Crippen LogP contribution >= 0.6 is 0 Å². The van der Waals surface area contributed by atoms with E-state index in [1.165, 1.54) is 36.0 Å². The molecule has 0 fully saturated rings. The minimum atomic E-state index is 0.676. The van der Waals surface area contributed by atoms with Crippen LogP contribution in [0.4, 0.5) is 0 Å². The first-order chi connectivity index (χ1) is 8.81. The fraction of sp³-hybridized carbons (Fsp3) is 0.333. The van der Waals surface area contributed by atoms with Crippen LogP contribution in [0.1, 0.15) is 44.6 Å². The molecule has 0 radical (unpaired) electrons. The normalized spacial score (nSPS) is 12.3. The Bertz CT molecular complexity index is 453. The van der Waals surface area contributed by atoms with Gasteiger partial charge < -0.3 is 0 Å². The summed E-state index contributed by atoms with van der Waals surface area (Å²) in [6, 6.07) is 19.6. The van der Waals surface area contributed by atoms with Crippen molar-refractivity contribution < 1.29 is 0 Å². The number of hydrogen-bond acceptors (Lipinski definition) is 0. The molecule has 0 saturated carbocycles. The van der Waals surface area contributed by atoms with E-state index in [4.69, 9.17) is 0 Å². The molecule has 1 atom stereocenters. The molecular weight excluding hydrogens is 216 g/mol. The number of benzene rings is 2. The Morgan fingerprint density at radius 2 is 1.44 bits per heavy atom. The molecule has 2 aromatic carbocycles. The van der Waals surface area contributed by atoms with Crippen molar-refractivity contribution in [3.63, 3.8) is 0 Å². The van der Waals surface area contributed by atoms with Crippen molar-refractivity contribution in [2.75, 3.05) is 0 Å². The van der Waals surface area contributed by atoms with Crippen LogP contribution in [0.25, 0.3) is 11.1 Å². The standard InChI is InChI=1S/C18H22/c1-3-4-8-15(2)16-11-13-18(14-12-16)17-9-6-5-7-10-17/h5-7,9-15H,3-4,8H2,1-2H3/t15-/m0/s1. The molecule has 0 nitrogen and oxygen atoms in total. The molecule has 2 aromatic rings. The number of rotatable bonds is 5. The highest BCUT2D eigenvalue weighted by molar-refractivity contribution is 5.63. The third kappa shape index (κ3) is 3.22. The minimum absolute atomic E-state index is 0.676. The second kappa shape index (κ2) is 6.39. The van der Waals surface area contributed by atoms with Gasteiger partial charge in [0.05, 0.1) is 0 Å². The van der Waals surface area contributed by atoms with Crippen LogP contribution in [0.5, 0.6) is 0 Å². The molecule has 0 bridgehead atoms. The first-order valence-electron chi connectivity index (χ1n) is 6.96. The average molecular weight is 238 g/mol. The van der Waals surface area contributed by atoms with Gasteiger partial charge in [-0.3, -0.25) is 0 Å². The molecule has 18 heavy (non-hydrogen) atoms. The second-order valence-electron chi connectivity index (χ2n) is 5.03. The van der Waals surface area contributed by atoms with Gasteiger partial charge in [-0.15, -0.1) is 0 Å². The summed E-state index contributed by atoms with van der Waals surface area (Å²) in [7, 11) is 0. The molecule has 2 rings (SSSR count). The van der Waals surface area contributed by atoms with E-state index in [1.54, 1.807) is 0 Å². The molecule has 0 aliphatic heterocycles. The van der Waals surface area contributed by atoms with E-state index in [9.17, 15) is 0 Å². The smallest absolute Gasteiger partial charge is 0.0184 e. The van der Waals surface area contributed by atoms with Crippen molar-refractivity contribution >= 4 is 0 Å². The van der Waals surface area contributed by atoms with Gasteiger partial charge in [0.2, 0.25) is 0 Å². The maximum absolute atomic E-state index is 2.33. The molecule has 0 aliphatic carbocycles. The Morgan fingerprint density at radius 3 is 2.06 bits per heavy atom. The van der Waals surface area contributed by atoms with Gasteiger partial charge in [0.25, 0.3) is 0 Å². The van der Waals surface area contributed by atoms with E-state index in [0.717, 1.165) is 0 Å². The first-order valence-corrected chi connectivity index (χ1v) is 6.96. The summed E-state index contributed by atoms with van der Waals surface area (Å²) < 4.78 is 0. The van der Waals surface area contributed by atoms with Gasteiger partial charge >= 0.3 is 0 Å². The maximum Gasteiger partial charge on any atom is -0.0184 e. The van der Waals surface area contributed by atoms with Crippen LogP contribution in [0.3, 0.4) is 0 Å². The molecule has 0 N–H and O–H groups in total. The van der Waals surface area contributed by atoms with Gasteiger partial charge in [0, 0.05) is 0 Å². The first kappa shape index (κ1) is 12.9. The summed E-state index contributed by atoms with van der Waals surface area (Å²) in [4.78, 5) is 0. The zero-order chi connectivity index (χ0) is 12.8. The van der Waals surface area contributed by atoms with Crippen LogP contribution in [0.2, 0.25) is 0 Å². The van der Waals surface area contributed by atoms with Crippen LogP contribution in [-0.4, -0.2) is 0 Å². The summed E-state index contributed by atoms with van der Waals surface area (Å²) in [5.74, 6) is 0.676. The van der Waals surface area contributed by atoms with Crippen LogP contribution in [0, 0.1) is 0 Å². The summed E-state index contributed by atoms with van der Waals surface area (Å²) in [6.45, 7) is 4.58. The van der Waals surface area contributed by atoms with Crippen molar-refractivity contribution in [2.45, 2.75) is 39.0 Å². The number of hydrogen-bond donors (Lipinski definition) is 0. The van der Waals surface area contributed by atoms with Crippen molar-refractivity contribution in [3.05, 3.63) is 60.2 Å². The Balaban J connectivity index is 2.10. The third-order valence-electron chi connectivity index (χ3n) is 3.58. The summed E-state index contributed by atoms with van der Waals surface area (Å²) in [5.41, 5.74) is 4.07. The van der Waals surface area contributed by atoms with Gasteiger partial charge in [-0.1, -0.05) is 81.3 Å². The molecule has 94 valence electrons. The van der Waals surface area contributed by atoms with Crippen LogP contribution < -0.4 is 0 Å². The van der Waals surface area contributed by atoms with Gasteiger partial charge in [-0.25, -0.2) is 0 Å². The lowest BCUT2D eigenvalue weighted by Gasteiger charge is -2.12. The average Bonchev–Trinajstić information content (AvgIpc) is 2.46. The lowest BCUT2D eigenvalue weighted by molar-refractivity contribution is 0.624. The van der Waals surface area contributed by atoms with Crippen molar-refractivity contribution in [1.29, 1.82) is 0 Å². The molecular formula is C18H22. The number of unbranched alkanes of at least 4 members (excludes halogenated alkanes) is 1. The van der Waals surface area contributed by atoms with Gasteiger partial charge in [0.15, 0.2) is 0 Å².